The largest absolute Gasteiger partial charge is 0.347 e. The number of nitrogens with two attached hydrogens (primary N) is 1. The monoisotopic (exact) mass is 218 g/mol. The van der Waals surface area contributed by atoms with Crippen molar-refractivity contribution in [3.8, 4) is 5.69 Å². The molecule has 0 unspecified atom stereocenters. The highest BCUT2D eigenvalue weighted by Gasteiger charge is 2.08. The third-order valence-corrected chi connectivity index (χ3v) is 2.40. The van der Waals surface area contributed by atoms with Crippen molar-refractivity contribution in [1.29, 1.82) is 0 Å². The van der Waals surface area contributed by atoms with Gasteiger partial charge in [-0.25, -0.2) is 14.5 Å². The lowest BCUT2D eigenvalue weighted by atomic mass is 10.2. The van der Waals surface area contributed by atoms with Crippen LogP contribution in [0.15, 0.2) is 29.1 Å². The van der Waals surface area contributed by atoms with Crippen LogP contribution in [-0.4, -0.2) is 21.3 Å². The number of aromatic amines is 1. The summed E-state index contributed by atoms with van der Waals surface area (Å²) in [7, 11) is 0. The van der Waals surface area contributed by atoms with Crippen LogP contribution in [0.1, 0.15) is 11.4 Å². The van der Waals surface area contributed by atoms with E-state index in [1.165, 1.54) is 0 Å². The molecule has 0 amide bonds. The molecule has 5 heteroatoms. The molecule has 0 saturated heterocycles. The fourth-order valence-corrected chi connectivity index (χ4v) is 1.59. The first-order valence-electron chi connectivity index (χ1n) is 5.16. The van der Waals surface area contributed by atoms with Crippen LogP contribution in [0.3, 0.4) is 0 Å². The summed E-state index contributed by atoms with van der Waals surface area (Å²) in [5.41, 5.74) is 7.21. The molecule has 0 aliphatic heterocycles. The Hall–Kier alpha value is -1.88. The minimum atomic E-state index is -0.229. The minimum Gasteiger partial charge on any atom is -0.330 e. The molecule has 0 aliphatic rings. The van der Waals surface area contributed by atoms with E-state index in [1.807, 2.05) is 31.2 Å². The quantitative estimate of drug-likeness (QED) is 0.781. The van der Waals surface area contributed by atoms with Gasteiger partial charge < -0.3 is 5.73 Å². The molecule has 0 bridgehead atoms. The molecule has 0 atom stereocenters. The number of aryl methyl sites for hydroxylation is 1. The molecule has 84 valence electrons. The SMILES string of the molecule is Cc1ccc(-n2c(CCN)n[nH]c2=O)cc1. The molecule has 1 heterocycles. The number of hydrogen-bond donors (Lipinski definition) is 2. The van der Waals surface area contributed by atoms with Crippen LogP contribution >= 0.6 is 0 Å². The van der Waals surface area contributed by atoms with E-state index in [0.717, 1.165) is 11.3 Å². The fraction of sp³-hybridized carbons (Fsp3) is 0.273. The summed E-state index contributed by atoms with van der Waals surface area (Å²) in [4.78, 5) is 11.6. The van der Waals surface area contributed by atoms with Crippen molar-refractivity contribution in [2.45, 2.75) is 13.3 Å². The van der Waals surface area contributed by atoms with Crippen molar-refractivity contribution < 1.29 is 0 Å². The maximum absolute atomic E-state index is 11.6. The molecular weight excluding hydrogens is 204 g/mol. The molecule has 0 aliphatic carbocycles. The van der Waals surface area contributed by atoms with E-state index >= 15 is 0 Å². The summed E-state index contributed by atoms with van der Waals surface area (Å²) < 4.78 is 1.55. The van der Waals surface area contributed by atoms with E-state index in [1.54, 1.807) is 4.57 Å². The van der Waals surface area contributed by atoms with Crippen LogP contribution in [0.4, 0.5) is 0 Å². The summed E-state index contributed by atoms with van der Waals surface area (Å²) in [6, 6.07) is 7.71. The predicted octanol–water partition coefficient (Wildman–Crippen LogP) is 0.370. The average Bonchev–Trinajstić information content (AvgIpc) is 2.62. The minimum absolute atomic E-state index is 0.229. The van der Waals surface area contributed by atoms with Gasteiger partial charge in [0, 0.05) is 6.42 Å². The van der Waals surface area contributed by atoms with Gasteiger partial charge in [0.05, 0.1) is 5.69 Å². The van der Waals surface area contributed by atoms with E-state index in [2.05, 4.69) is 10.2 Å². The van der Waals surface area contributed by atoms with Crippen molar-refractivity contribution in [1.82, 2.24) is 14.8 Å². The third-order valence-electron chi connectivity index (χ3n) is 2.40. The number of H-pyrrole nitrogens is 1. The Kier molecular flexibility index (Phi) is 2.87. The van der Waals surface area contributed by atoms with Gasteiger partial charge in [-0.05, 0) is 25.6 Å². The molecule has 2 rings (SSSR count). The number of hydrogen-bond acceptors (Lipinski definition) is 3. The zero-order valence-corrected chi connectivity index (χ0v) is 9.10. The second-order valence-electron chi connectivity index (χ2n) is 3.65. The van der Waals surface area contributed by atoms with Crippen LogP contribution in [0.5, 0.6) is 0 Å². The Labute approximate surface area is 92.9 Å². The smallest absolute Gasteiger partial charge is 0.330 e. The van der Waals surface area contributed by atoms with E-state index < -0.39 is 0 Å². The van der Waals surface area contributed by atoms with E-state index in [9.17, 15) is 4.79 Å². The summed E-state index contributed by atoms with van der Waals surface area (Å²) in [6.07, 6.45) is 0.576. The van der Waals surface area contributed by atoms with Gasteiger partial charge in [0.15, 0.2) is 0 Å². The number of benzene rings is 1. The third kappa shape index (κ3) is 1.90. The maximum Gasteiger partial charge on any atom is 0.347 e. The van der Waals surface area contributed by atoms with Crippen molar-refractivity contribution in [3.63, 3.8) is 0 Å². The van der Waals surface area contributed by atoms with Crippen LogP contribution in [0.25, 0.3) is 5.69 Å². The van der Waals surface area contributed by atoms with E-state index in [0.29, 0.717) is 18.8 Å². The van der Waals surface area contributed by atoms with Gasteiger partial charge in [-0.3, -0.25) is 0 Å². The van der Waals surface area contributed by atoms with Gasteiger partial charge in [-0.1, -0.05) is 17.7 Å². The summed E-state index contributed by atoms with van der Waals surface area (Å²) in [6.45, 7) is 2.47. The Balaban J connectivity index is 2.50. The Morgan fingerprint density at radius 3 is 2.69 bits per heavy atom. The molecule has 16 heavy (non-hydrogen) atoms. The second-order valence-corrected chi connectivity index (χ2v) is 3.65. The lowest BCUT2D eigenvalue weighted by Crippen LogP contribution is -2.18. The second kappa shape index (κ2) is 4.32. The van der Waals surface area contributed by atoms with Crippen molar-refractivity contribution in [2.75, 3.05) is 6.54 Å². The van der Waals surface area contributed by atoms with Crippen molar-refractivity contribution >= 4 is 0 Å². The molecule has 0 spiro atoms. The molecule has 3 N–H and O–H groups in total. The zero-order chi connectivity index (χ0) is 11.5. The Morgan fingerprint density at radius 2 is 2.06 bits per heavy atom. The van der Waals surface area contributed by atoms with E-state index in [4.69, 9.17) is 5.73 Å². The van der Waals surface area contributed by atoms with Gasteiger partial charge >= 0.3 is 5.69 Å². The summed E-state index contributed by atoms with van der Waals surface area (Å²) in [5.74, 6) is 0.663. The molecule has 1 aromatic heterocycles. The molecule has 0 saturated carbocycles. The Morgan fingerprint density at radius 1 is 1.38 bits per heavy atom. The standard InChI is InChI=1S/C11H14N4O/c1-8-2-4-9(5-3-8)15-10(6-7-12)13-14-11(15)16/h2-5H,6-7,12H2,1H3,(H,14,16). The van der Waals surface area contributed by atoms with Gasteiger partial charge in [0.25, 0.3) is 0 Å². The number of rotatable bonds is 3. The lowest BCUT2D eigenvalue weighted by Gasteiger charge is -2.04. The maximum atomic E-state index is 11.6. The highest BCUT2D eigenvalue weighted by Crippen LogP contribution is 2.08. The van der Waals surface area contributed by atoms with Crippen molar-refractivity contribution in [2.24, 2.45) is 5.73 Å². The molecular formula is C11H14N4O. The van der Waals surface area contributed by atoms with Gasteiger partial charge in [-0.15, -0.1) is 0 Å². The molecule has 2 aromatic rings. The van der Waals surface area contributed by atoms with Gasteiger partial charge in [-0.2, -0.15) is 5.10 Å². The summed E-state index contributed by atoms with van der Waals surface area (Å²) in [5, 5.41) is 6.39. The number of nitrogens with zero attached hydrogens (tertiary/aromatic N) is 2. The van der Waals surface area contributed by atoms with E-state index in [-0.39, 0.29) is 5.69 Å². The molecule has 1 aromatic carbocycles. The van der Waals surface area contributed by atoms with Crippen LogP contribution in [-0.2, 0) is 6.42 Å². The van der Waals surface area contributed by atoms with Crippen molar-refractivity contribution in [3.05, 3.63) is 46.1 Å². The Bertz CT molecular complexity index is 524. The van der Waals surface area contributed by atoms with Gasteiger partial charge in [0.1, 0.15) is 5.82 Å². The zero-order valence-electron chi connectivity index (χ0n) is 9.10. The lowest BCUT2D eigenvalue weighted by molar-refractivity contribution is 0.824. The molecule has 0 radical (unpaired) electrons. The highest BCUT2D eigenvalue weighted by molar-refractivity contribution is 5.34. The first-order chi connectivity index (χ1) is 7.72. The average molecular weight is 218 g/mol. The van der Waals surface area contributed by atoms with Gasteiger partial charge in [0.2, 0.25) is 0 Å². The first kappa shape index (κ1) is 10.6. The van der Waals surface area contributed by atoms with Crippen LogP contribution < -0.4 is 11.4 Å². The predicted molar refractivity (Wildman–Crippen MR) is 61.7 cm³/mol. The number of nitrogens with one attached hydrogen (secondary N) is 1. The fourth-order valence-electron chi connectivity index (χ4n) is 1.59. The summed E-state index contributed by atoms with van der Waals surface area (Å²) >= 11 is 0. The normalized spacial score (nSPS) is 10.6. The van der Waals surface area contributed by atoms with Crippen LogP contribution in [0, 0.1) is 6.92 Å². The number of aromatic nitrogens is 3. The molecule has 0 fully saturated rings. The first-order valence-corrected chi connectivity index (χ1v) is 5.16. The van der Waals surface area contributed by atoms with Crippen LogP contribution in [0.2, 0.25) is 0 Å². The highest BCUT2D eigenvalue weighted by atomic mass is 16.1. The molecule has 5 nitrogen and oxygen atoms in total. The topological polar surface area (TPSA) is 76.7 Å².